The lowest BCUT2D eigenvalue weighted by molar-refractivity contribution is -0.137. The van der Waals surface area contributed by atoms with Crippen LogP contribution in [0.3, 0.4) is 0 Å². The SMILES string of the molecule is O=S(=O)(NCc1cn2cc(C(F)(F)F)ccc2n1)c1ccc(Cl)c(Cl)c1. The average molecular weight is 424 g/mol. The molecule has 0 spiro atoms. The molecule has 0 bridgehead atoms. The minimum Gasteiger partial charge on any atom is -0.306 e. The molecule has 0 aliphatic carbocycles. The van der Waals surface area contributed by atoms with Gasteiger partial charge in [-0.25, -0.2) is 18.1 Å². The summed E-state index contributed by atoms with van der Waals surface area (Å²) in [5.41, 5.74) is -0.306. The number of alkyl halides is 3. The lowest BCUT2D eigenvalue weighted by Gasteiger charge is -2.06. The van der Waals surface area contributed by atoms with Gasteiger partial charge in [0.25, 0.3) is 0 Å². The molecule has 5 nitrogen and oxygen atoms in total. The number of imidazole rings is 1. The third kappa shape index (κ3) is 3.96. The molecule has 1 N–H and O–H groups in total. The van der Waals surface area contributed by atoms with E-state index in [1.54, 1.807) is 0 Å². The van der Waals surface area contributed by atoms with Gasteiger partial charge in [0, 0.05) is 12.4 Å². The smallest absolute Gasteiger partial charge is 0.306 e. The Morgan fingerprint density at radius 1 is 1.08 bits per heavy atom. The van der Waals surface area contributed by atoms with Gasteiger partial charge in [-0.3, -0.25) is 0 Å². The molecule has 0 atom stereocenters. The fourth-order valence-corrected chi connectivity index (χ4v) is 3.58. The number of sulfonamides is 1. The van der Waals surface area contributed by atoms with E-state index in [4.69, 9.17) is 23.2 Å². The molecule has 138 valence electrons. The Morgan fingerprint density at radius 2 is 1.81 bits per heavy atom. The van der Waals surface area contributed by atoms with E-state index >= 15 is 0 Å². The Balaban J connectivity index is 1.81. The van der Waals surface area contributed by atoms with Crippen LogP contribution in [0, 0.1) is 0 Å². The van der Waals surface area contributed by atoms with Gasteiger partial charge in [0.05, 0.1) is 32.7 Å². The minimum atomic E-state index is -4.48. The summed E-state index contributed by atoms with van der Waals surface area (Å²) < 4.78 is 66.2. The van der Waals surface area contributed by atoms with Crippen molar-refractivity contribution in [2.75, 3.05) is 0 Å². The van der Waals surface area contributed by atoms with Gasteiger partial charge in [0.1, 0.15) is 5.65 Å². The molecule has 0 saturated carbocycles. The fraction of sp³-hybridized carbons (Fsp3) is 0.133. The predicted octanol–water partition coefficient (Wildman–Crippen LogP) is 4.14. The number of hydrogen-bond donors (Lipinski definition) is 1. The molecule has 0 unspecified atom stereocenters. The standard InChI is InChI=1S/C15H10Cl2F3N3O2S/c16-12-3-2-11(5-13(12)17)26(24,25)21-6-10-8-23-7-9(15(18,19)20)1-4-14(23)22-10/h1-5,7-8,21H,6H2. The maximum atomic E-state index is 12.7. The Labute approximate surface area is 156 Å². The zero-order valence-electron chi connectivity index (χ0n) is 12.8. The molecular weight excluding hydrogens is 414 g/mol. The van der Waals surface area contributed by atoms with E-state index in [-0.39, 0.29) is 32.8 Å². The first-order valence-electron chi connectivity index (χ1n) is 7.06. The Morgan fingerprint density at radius 3 is 2.46 bits per heavy atom. The second-order valence-electron chi connectivity index (χ2n) is 5.31. The van der Waals surface area contributed by atoms with Crippen LogP contribution in [-0.2, 0) is 22.7 Å². The number of hydrogen-bond acceptors (Lipinski definition) is 3. The maximum Gasteiger partial charge on any atom is 0.417 e. The van der Waals surface area contributed by atoms with E-state index in [0.29, 0.717) is 0 Å². The Kier molecular flexibility index (Phi) is 4.91. The van der Waals surface area contributed by atoms with Crippen molar-refractivity contribution in [1.82, 2.24) is 14.1 Å². The molecule has 2 heterocycles. The first-order chi connectivity index (χ1) is 12.1. The summed E-state index contributed by atoms with van der Waals surface area (Å²) in [6, 6.07) is 5.95. The number of benzene rings is 1. The zero-order valence-corrected chi connectivity index (χ0v) is 15.1. The molecule has 0 aliphatic heterocycles. The molecule has 1 aromatic carbocycles. The maximum absolute atomic E-state index is 12.7. The topological polar surface area (TPSA) is 63.5 Å². The number of halogens is 5. The summed E-state index contributed by atoms with van der Waals surface area (Å²) in [5.74, 6) is 0. The predicted molar refractivity (Wildman–Crippen MR) is 90.7 cm³/mol. The molecule has 0 fully saturated rings. The van der Waals surface area contributed by atoms with Crippen molar-refractivity contribution in [1.29, 1.82) is 0 Å². The Hall–Kier alpha value is -1.81. The van der Waals surface area contributed by atoms with Crippen molar-refractivity contribution >= 4 is 38.9 Å². The number of fused-ring (bicyclic) bond motifs is 1. The number of aromatic nitrogens is 2. The van der Waals surface area contributed by atoms with Crippen LogP contribution in [0.5, 0.6) is 0 Å². The fourth-order valence-electron chi connectivity index (χ4n) is 2.19. The van der Waals surface area contributed by atoms with Gasteiger partial charge >= 0.3 is 6.18 Å². The number of nitrogens with one attached hydrogen (secondary N) is 1. The third-order valence-corrected chi connectivity index (χ3v) is 5.61. The van der Waals surface area contributed by atoms with Crippen LogP contribution in [0.4, 0.5) is 13.2 Å². The molecule has 11 heteroatoms. The second-order valence-corrected chi connectivity index (χ2v) is 7.90. The lowest BCUT2D eigenvalue weighted by atomic mass is 10.3. The summed E-state index contributed by atoms with van der Waals surface area (Å²) in [5, 5.41) is 0.299. The highest BCUT2D eigenvalue weighted by Crippen LogP contribution is 2.29. The van der Waals surface area contributed by atoms with E-state index < -0.39 is 21.8 Å². The summed E-state index contributed by atoms with van der Waals surface area (Å²) >= 11 is 11.6. The van der Waals surface area contributed by atoms with E-state index in [1.807, 2.05) is 0 Å². The van der Waals surface area contributed by atoms with Crippen LogP contribution >= 0.6 is 23.2 Å². The van der Waals surface area contributed by atoms with Crippen molar-refractivity contribution < 1.29 is 21.6 Å². The zero-order chi connectivity index (χ0) is 19.1. The van der Waals surface area contributed by atoms with Gasteiger partial charge in [-0.05, 0) is 30.3 Å². The van der Waals surface area contributed by atoms with Crippen molar-refractivity contribution in [3.8, 4) is 0 Å². The Bertz CT molecular complexity index is 1080. The molecule has 0 aliphatic rings. The second kappa shape index (κ2) is 6.73. The number of pyridine rings is 1. The number of rotatable bonds is 4. The highest BCUT2D eigenvalue weighted by molar-refractivity contribution is 7.89. The summed E-state index contributed by atoms with van der Waals surface area (Å²) in [7, 11) is -3.89. The lowest BCUT2D eigenvalue weighted by Crippen LogP contribution is -2.23. The van der Waals surface area contributed by atoms with Crippen LogP contribution in [0.1, 0.15) is 11.3 Å². The van der Waals surface area contributed by atoms with Crippen LogP contribution in [-0.4, -0.2) is 17.8 Å². The monoisotopic (exact) mass is 423 g/mol. The molecule has 0 saturated heterocycles. The first kappa shape index (κ1) is 19.0. The van der Waals surface area contributed by atoms with Gasteiger partial charge < -0.3 is 4.40 Å². The molecule has 0 radical (unpaired) electrons. The molecular formula is C15H10Cl2F3N3O2S. The summed E-state index contributed by atoms with van der Waals surface area (Å²) in [4.78, 5) is 4.00. The summed E-state index contributed by atoms with van der Waals surface area (Å²) in [6.45, 7) is -0.203. The van der Waals surface area contributed by atoms with Crippen molar-refractivity contribution in [3.05, 3.63) is 64.0 Å². The van der Waals surface area contributed by atoms with Crippen molar-refractivity contribution in [2.45, 2.75) is 17.6 Å². The summed E-state index contributed by atoms with van der Waals surface area (Å²) in [6.07, 6.45) is -2.27. The van der Waals surface area contributed by atoms with Crippen LogP contribution < -0.4 is 4.72 Å². The molecule has 0 amide bonds. The van der Waals surface area contributed by atoms with Gasteiger partial charge in [-0.2, -0.15) is 13.2 Å². The molecule has 2 aromatic heterocycles. The minimum absolute atomic E-state index is 0.0851. The number of nitrogens with zero attached hydrogens (tertiary/aromatic N) is 2. The molecule has 26 heavy (non-hydrogen) atoms. The van der Waals surface area contributed by atoms with Crippen LogP contribution in [0.2, 0.25) is 10.0 Å². The largest absolute Gasteiger partial charge is 0.417 e. The molecule has 3 aromatic rings. The van der Waals surface area contributed by atoms with Gasteiger partial charge in [-0.15, -0.1) is 0 Å². The van der Waals surface area contributed by atoms with E-state index in [0.717, 1.165) is 12.3 Å². The highest BCUT2D eigenvalue weighted by atomic mass is 35.5. The molecule has 3 rings (SSSR count). The van der Waals surface area contributed by atoms with Crippen molar-refractivity contribution in [3.63, 3.8) is 0 Å². The van der Waals surface area contributed by atoms with Gasteiger partial charge in [0.15, 0.2) is 0 Å². The van der Waals surface area contributed by atoms with E-state index in [1.165, 1.54) is 34.9 Å². The third-order valence-electron chi connectivity index (χ3n) is 3.47. The normalized spacial score (nSPS) is 12.7. The van der Waals surface area contributed by atoms with Gasteiger partial charge in [-0.1, -0.05) is 23.2 Å². The van der Waals surface area contributed by atoms with E-state index in [2.05, 4.69) is 9.71 Å². The van der Waals surface area contributed by atoms with Crippen LogP contribution in [0.15, 0.2) is 47.6 Å². The highest BCUT2D eigenvalue weighted by Gasteiger charge is 2.30. The average Bonchev–Trinajstić information content (AvgIpc) is 2.97. The van der Waals surface area contributed by atoms with Crippen molar-refractivity contribution in [2.24, 2.45) is 0 Å². The van der Waals surface area contributed by atoms with Gasteiger partial charge in [0.2, 0.25) is 10.0 Å². The van der Waals surface area contributed by atoms with Crippen LogP contribution in [0.25, 0.3) is 5.65 Å². The quantitative estimate of drug-likeness (QED) is 0.685. The first-order valence-corrected chi connectivity index (χ1v) is 9.30. The van der Waals surface area contributed by atoms with E-state index in [9.17, 15) is 21.6 Å².